The lowest BCUT2D eigenvalue weighted by atomic mass is 10.3. The van der Waals surface area contributed by atoms with Crippen LogP contribution in [0.15, 0.2) is 0 Å². The molecule has 4 N–H and O–H groups in total. The molecule has 0 radical (unpaired) electrons. The molecule has 0 heterocycles. The number of nitrogens with two attached hydrogens (primary N) is 1. The number of carbonyl (C=O) groups is 2. The van der Waals surface area contributed by atoms with E-state index in [2.05, 4.69) is 0 Å². The van der Waals surface area contributed by atoms with Crippen molar-refractivity contribution in [3.05, 3.63) is 0 Å². The summed E-state index contributed by atoms with van der Waals surface area (Å²) in [6, 6.07) is 0. The normalized spacial score (nSPS) is 10.5. The fraction of sp³-hybridized carbons (Fsp3) is 0.800. The molecule has 21 heavy (non-hydrogen) atoms. The number of hydrogen-bond acceptors (Lipinski definition) is 7. The van der Waals surface area contributed by atoms with Crippen molar-refractivity contribution in [1.82, 2.24) is 9.44 Å². The van der Waals surface area contributed by atoms with Gasteiger partial charge in [-0.2, -0.15) is 0 Å². The first-order valence-corrected chi connectivity index (χ1v) is 9.40. The molecule has 0 aromatic heterocycles. The van der Waals surface area contributed by atoms with E-state index in [1.165, 1.54) is 0 Å². The summed E-state index contributed by atoms with van der Waals surface area (Å²) in [7, 11) is -6.75. The van der Waals surface area contributed by atoms with Crippen molar-refractivity contribution in [2.45, 2.75) is 33.6 Å². The summed E-state index contributed by atoms with van der Waals surface area (Å²) < 4.78 is 45.1. The molecule has 0 aliphatic rings. The van der Waals surface area contributed by atoms with Crippen LogP contribution in [0, 0.1) is 0 Å². The zero-order chi connectivity index (χ0) is 16.4. The maximum Gasteiger partial charge on any atom is 0.234 e. The van der Waals surface area contributed by atoms with Gasteiger partial charge in [0.15, 0.2) is 0 Å². The van der Waals surface area contributed by atoms with Gasteiger partial charge in [0.05, 0.1) is 12.5 Å². The maximum atomic E-state index is 10.6. The second kappa shape index (κ2) is 11.5. The predicted molar refractivity (Wildman–Crippen MR) is 81.3 cm³/mol. The van der Waals surface area contributed by atoms with E-state index in [0.717, 1.165) is 12.5 Å². The van der Waals surface area contributed by atoms with Crippen molar-refractivity contribution in [1.29, 1.82) is 0 Å². The third-order valence-corrected chi connectivity index (χ3v) is 2.64. The highest BCUT2D eigenvalue weighted by molar-refractivity contribution is 7.89. The average Bonchev–Trinajstić information content (AvgIpc) is 2.12. The molecule has 0 fully saturated rings. The summed E-state index contributed by atoms with van der Waals surface area (Å²) in [6.07, 6.45) is 2.82. The summed E-state index contributed by atoms with van der Waals surface area (Å²) in [6.45, 7) is 1.96. The van der Waals surface area contributed by atoms with Crippen molar-refractivity contribution in [2.75, 3.05) is 19.1 Å². The Kier molecular flexibility index (Phi) is 13.5. The molecule has 0 aromatic rings. The van der Waals surface area contributed by atoms with Crippen LogP contribution in [-0.2, 0) is 29.6 Å². The summed E-state index contributed by atoms with van der Waals surface area (Å²) in [5.41, 5.74) is 4.99. The average molecular weight is 347 g/mol. The summed E-state index contributed by atoms with van der Waals surface area (Å²) in [4.78, 5) is 21.1. The molecule has 0 unspecified atom stereocenters. The SMILES string of the molecule is C.CCCC(=O)NS(C)(=O)=O.CS(=O)(=O)NC(=O)CCN. The van der Waals surface area contributed by atoms with Crippen LogP contribution in [0.5, 0.6) is 0 Å². The van der Waals surface area contributed by atoms with E-state index in [-0.39, 0.29) is 26.8 Å². The molecule has 0 spiro atoms. The molecule has 9 nitrogen and oxygen atoms in total. The molecule has 0 bridgehead atoms. The number of nitrogens with one attached hydrogen (secondary N) is 2. The minimum atomic E-state index is -3.40. The van der Waals surface area contributed by atoms with Crippen LogP contribution in [0.25, 0.3) is 0 Å². The second-order valence-electron chi connectivity index (χ2n) is 3.88. The van der Waals surface area contributed by atoms with Crippen LogP contribution in [0.1, 0.15) is 33.6 Å². The number of carbonyl (C=O) groups excluding carboxylic acids is 2. The molecule has 0 saturated carbocycles. The van der Waals surface area contributed by atoms with E-state index < -0.39 is 31.9 Å². The van der Waals surface area contributed by atoms with Gasteiger partial charge in [0.1, 0.15) is 0 Å². The van der Waals surface area contributed by atoms with Crippen molar-refractivity contribution >= 4 is 31.9 Å². The number of sulfonamides is 2. The van der Waals surface area contributed by atoms with Gasteiger partial charge in [-0.1, -0.05) is 14.4 Å². The zero-order valence-corrected chi connectivity index (χ0v) is 13.3. The molecule has 0 rings (SSSR count). The summed E-state index contributed by atoms with van der Waals surface area (Å²) in [5, 5.41) is 0. The van der Waals surface area contributed by atoms with Crippen molar-refractivity contribution in [3.8, 4) is 0 Å². The molecular formula is C10H25N3O6S2. The molecular weight excluding hydrogens is 322 g/mol. The molecule has 2 amide bonds. The summed E-state index contributed by atoms with van der Waals surface area (Å²) in [5.74, 6) is -1.00. The van der Waals surface area contributed by atoms with Gasteiger partial charge < -0.3 is 5.73 Å². The first kappa shape index (κ1) is 24.8. The smallest absolute Gasteiger partial charge is 0.234 e. The van der Waals surface area contributed by atoms with Gasteiger partial charge in [0, 0.05) is 19.4 Å². The highest BCUT2D eigenvalue weighted by atomic mass is 32.2. The first-order chi connectivity index (χ1) is 8.91. The molecule has 11 heteroatoms. The van der Waals surface area contributed by atoms with Crippen LogP contribution >= 0.6 is 0 Å². The molecule has 0 aliphatic heterocycles. The predicted octanol–water partition coefficient (Wildman–Crippen LogP) is -1.09. The largest absolute Gasteiger partial charge is 0.330 e. The van der Waals surface area contributed by atoms with Gasteiger partial charge in [-0.3, -0.25) is 19.0 Å². The number of rotatable bonds is 6. The number of amides is 2. The lowest BCUT2D eigenvalue weighted by molar-refractivity contribution is -0.120. The van der Waals surface area contributed by atoms with E-state index in [0.29, 0.717) is 6.42 Å². The van der Waals surface area contributed by atoms with Gasteiger partial charge in [-0.25, -0.2) is 16.8 Å². The molecule has 0 aromatic carbocycles. The monoisotopic (exact) mass is 347 g/mol. The van der Waals surface area contributed by atoms with Gasteiger partial charge in [-0.05, 0) is 6.42 Å². The molecule has 128 valence electrons. The first-order valence-electron chi connectivity index (χ1n) is 5.62. The fourth-order valence-electron chi connectivity index (χ4n) is 0.874. The Morgan fingerprint density at radius 3 is 1.48 bits per heavy atom. The maximum absolute atomic E-state index is 10.6. The Morgan fingerprint density at radius 2 is 1.24 bits per heavy atom. The van der Waals surface area contributed by atoms with E-state index >= 15 is 0 Å². The van der Waals surface area contributed by atoms with Crippen LogP contribution < -0.4 is 15.2 Å². The molecule has 0 aliphatic carbocycles. The highest BCUT2D eigenvalue weighted by Gasteiger charge is 2.06. The number of hydrogen-bond donors (Lipinski definition) is 3. The van der Waals surface area contributed by atoms with E-state index in [9.17, 15) is 26.4 Å². The Bertz CT molecular complexity index is 465. The van der Waals surface area contributed by atoms with Crippen molar-refractivity contribution in [3.63, 3.8) is 0 Å². The highest BCUT2D eigenvalue weighted by Crippen LogP contribution is 1.86. The standard InChI is InChI=1S/C5H11NO3S.C4H10N2O3S.CH4/c1-3-4-5(7)6-10(2,8)9;1-10(8,9)6-4(7)2-3-5;/h3-4H2,1-2H3,(H,6,7);2-3,5H2,1H3,(H,6,7);1H4. The lowest BCUT2D eigenvalue weighted by Gasteiger charge is -1.98. The minimum absolute atomic E-state index is 0. The lowest BCUT2D eigenvalue weighted by Crippen LogP contribution is -2.30. The van der Waals surface area contributed by atoms with Crippen LogP contribution in [0.2, 0.25) is 0 Å². The van der Waals surface area contributed by atoms with Gasteiger partial charge in [-0.15, -0.1) is 0 Å². The Labute approximate surface area is 126 Å². The van der Waals surface area contributed by atoms with Crippen molar-refractivity contribution < 1.29 is 26.4 Å². The Balaban J connectivity index is -0.000000295. The van der Waals surface area contributed by atoms with Crippen molar-refractivity contribution in [2.24, 2.45) is 5.73 Å². The van der Waals surface area contributed by atoms with Gasteiger partial charge >= 0.3 is 0 Å². The Morgan fingerprint density at radius 1 is 0.905 bits per heavy atom. The third-order valence-electron chi connectivity index (χ3n) is 1.45. The van der Waals surface area contributed by atoms with Gasteiger partial charge in [0.25, 0.3) is 0 Å². The molecule has 0 atom stereocenters. The third kappa shape index (κ3) is 24.2. The van der Waals surface area contributed by atoms with E-state index in [4.69, 9.17) is 5.73 Å². The van der Waals surface area contributed by atoms with E-state index in [1.807, 2.05) is 11.6 Å². The minimum Gasteiger partial charge on any atom is -0.330 e. The topological polar surface area (TPSA) is 152 Å². The fourth-order valence-corrected chi connectivity index (χ4v) is 1.91. The van der Waals surface area contributed by atoms with Gasteiger partial charge in [0.2, 0.25) is 31.9 Å². The second-order valence-corrected chi connectivity index (χ2v) is 7.38. The zero-order valence-electron chi connectivity index (χ0n) is 11.7. The van der Waals surface area contributed by atoms with Crippen LogP contribution in [0.4, 0.5) is 0 Å². The van der Waals surface area contributed by atoms with Crippen LogP contribution in [0.3, 0.4) is 0 Å². The Hall–Kier alpha value is -1.20. The quantitative estimate of drug-likeness (QED) is 0.552. The summed E-state index contributed by atoms with van der Waals surface area (Å²) >= 11 is 0. The van der Waals surface area contributed by atoms with E-state index in [1.54, 1.807) is 4.72 Å². The van der Waals surface area contributed by atoms with Crippen LogP contribution in [-0.4, -0.2) is 47.7 Å². The molecule has 0 saturated heterocycles.